The number of aromatic amines is 1. The fraction of sp³-hybridized carbons (Fsp3) is 0.722. The van der Waals surface area contributed by atoms with Crippen LogP contribution in [-0.4, -0.2) is 89.7 Å². The summed E-state index contributed by atoms with van der Waals surface area (Å²) >= 11 is 0. The van der Waals surface area contributed by atoms with E-state index in [4.69, 9.17) is 4.74 Å². The third kappa shape index (κ3) is 5.04. The fourth-order valence-corrected chi connectivity index (χ4v) is 3.66. The van der Waals surface area contributed by atoms with Gasteiger partial charge >= 0.3 is 0 Å². The van der Waals surface area contributed by atoms with Crippen LogP contribution in [0.2, 0.25) is 0 Å². The van der Waals surface area contributed by atoms with Gasteiger partial charge in [0.05, 0.1) is 31.4 Å². The molecule has 2 saturated heterocycles. The van der Waals surface area contributed by atoms with E-state index in [1.165, 1.54) is 0 Å². The molecule has 3 rings (SSSR count). The molecule has 1 aromatic rings. The van der Waals surface area contributed by atoms with Gasteiger partial charge in [-0.2, -0.15) is 5.10 Å². The van der Waals surface area contributed by atoms with Crippen LogP contribution in [0.25, 0.3) is 0 Å². The van der Waals surface area contributed by atoms with E-state index in [0.29, 0.717) is 25.9 Å². The number of piperidine rings is 1. The molecule has 0 aromatic carbocycles. The minimum atomic E-state index is -0.107. The van der Waals surface area contributed by atoms with Crippen molar-refractivity contribution in [3.8, 4) is 0 Å². The van der Waals surface area contributed by atoms with Gasteiger partial charge in [0.25, 0.3) is 0 Å². The van der Waals surface area contributed by atoms with Crippen molar-refractivity contribution in [2.75, 3.05) is 53.0 Å². The molecule has 1 aromatic heterocycles. The summed E-state index contributed by atoms with van der Waals surface area (Å²) in [5.74, 6) is 0.168. The normalized spacial score (nSPS) is 21.8. The molecule has 1 N–H and O–H groups in total. The molecule has 2 aliphatic rings. The Morgan fingerprint density at radius 3 is 2.92 bits per heavy atom. The molecule has 0 aliphatic carbocycles. The number of nitrogens with zero attached hydrogens (tertiary/aromatic N) is 4. The molecule has 8 nitrogen and oxygen atoms in total. The third-order valence-corrected chi connectivity index (χ3v) is 5.20. The lowest BCUT2D eigenvalue weighted by Crippen LogP contribution is -2.47. The lowest BCUT2D eigenvalue weighted by molar-refractivity contribution is -0.142. The minimum Gasteiger partial charge on any atom is -0.379 e. The van der Waals surface area contributed by atoms with Gasteiger partial charge in [0, 0.05) is 52.4 Å². The van der Waals surface area contributed by atoms with Crippen LogP contribution in [0.3, 0.4) is 0 Å². The van der Waals surface area contributed by atoms with E-state index in [1.807, 2.05) is 18.0 Å². The van der Waals surface area contributed by atoms with Gasteiger partial charge in [0.1, 0.15) is 0 Å². The van der Waals surface area contributed by atoms with Crippen molar-refractivity contribution in [1.29, 1.82) is 0 Å². The molecular weight excluding hydrogens is 334 g/mol. The Bertz CT molecular complexity index is 586. The summed E-state index contributed by atoms with van der Waals surface area (Å²) in [4.78, 5) is 30.9. The van der Waals surface area contributed by atoms with Crippen LogP contribution in [0.15, 0.2) is 12.3 Å². The standard InChI is InChI=1S/C18H29N5O3/c1-21(14-16-5-6-19-20-16)18(25)15-3-4-17(24)23(13-15)8-2-7-22-9-11-26-12-10-22/h5-6,15H,2-4,7-14H2,1H3,(H,19,20). The van der Waals surface area contributed by atoms with Crippen LogP contribution >= 0.6 is 0 Å². The van der Waals surface area contributed by atoms with E-state index in [2.05, 4.69) is 15.1 Å². The van der Waals surface area contributed by atoms with E-state index in [0.717, 1.165) is 51.5 Å². The molecule has 0 bridgehead atoms. The number of ether oxygens (including phenoxy) is 1. The highest BCUT2D eigenvalue weighted by Gasteiger charge is 2.31. The van der Waals surface area contributed by atoms with Gasteiger partial charge in [0.2, 0.25) is 11.8 Å². The molecule has 3 heterocycles. The van der Waals surface area contributed by atoms with Gasteiger partial charge in [-0.1, -0.05) is 0 Å². The predicted octanol–water partition coefficient (Wildman–Crippen LogP) is 0.329. The lowest BCUT2D eigenvalue weighted by atomic mass is 9.96. The summed E-state index contributed by atoms with van der Waals surface area (Å²) in [5, 5.41) is 6.79. The van der Waals surface area contributed by atoms with Gasteiger partial charge in [-0.3, -0.25) is 19.6 Å². The Kier molecular flexibility index (Phi) is 6.62. The van der Waals surface area contributed by atoms with Gasteiger partial charge in [-0.05, 0) is 18.9 Å². The number of morpholine rings is 1. The van der Waals surface area contributed by atoms with Crippen LogP contribution in [-0.2, 0) is 20.9 Å². The van der Waals surface area contributed by atoms with E-state index in [1.54, 1.807) is 11.1 Å². The molecule has 0 saturated carbocycles. The van der Waals surface area contributed by atoms with Crippen molar-refractivity contribution < 1.29 is 14.3 Å². The number of aromatic nitrogens is 2. The summed E-state index contributed by atoms with van der Waals surface area (Å²) < 4.78 is 5.36. The number of nitrogens with one attached hydrogen (secondary N) is 1. The number of hydrogen-bond acceptors (Lipinski definition) is 5. The number of H-pyrrole nitrogens is 1. The molecule has 26 heavy (non-hydrogen) atoms. The molecule has 2 amide bonds. The number of rotatable bonds is 7. The average molecular weight is 363 g/mol. The monoisotopic (exact) mass is 363 g/mol. The largest absolute Gasteiger partial charge is 0.379 e. The maximum atomic E-state index is 12.7. The summed E-state index contributed by atoms with van der Waals surface area (Å²) in [6.45, 7) is 6.27. The van der Waals surface area contributed by atoms with Gasteiger partial charge in [-0.25, -0.2) is 0 Å². The van der Waals surface area contributed by atoms with Gasteiger partial charge < -0.3 is 14.5 Å². The zero-order valence-corrected chi connectivity index (χ0v) is 15.5. The zero-order chi connectivity index (χ0) is 18.4. The molecule has 0 spiro atoms. The Morgan fingerprint density at radius 2 is 2.19 bits per heavy atom. The number of hydrogen-bond donors (Lipinski definition) is 1. The zero-order valence-electron chi connectivity index (χ0n) is 15.5. The van der Waals surface area contributed by atoms with E-state index >= 15 is 0 Å². The first-order chi connectivity index (χ1) is 12.6. The van der Waals surface area contributed by atoms with Crippen molar-refractivity contribution >= 4 is 11.8 Å². The molecule has 8 heteroatoms. The van der Waals surface area contributed by atoms with E-state index in [9.17, 15) is 9.59 Å². The van der Waals surface area contributed by atoms with Crippen LogP contribution in [0.1, 0.15) is 25.0 Å². The first-order valence-corrected chi connectivity index (χ1v) is 9.44. The number of carbonyl (C=O) groups excluding carboxylic acids is 2. The molecule has 1 atom stereocenters. The topological polar surface area (TPSA) is 81.8 Å². The van der Waals surface area contributed by atoms with Crippen molar-refractivity contribution in [1.82, 2.24) is 24.9 Å². The maximum absolute atomic E-state index is 12.7. The third-order valence-electron chi connectivity index (χ3n) is 5.20. The highest BCUT2D eigenvalue weighted by molar-refractivity contribution is 5.83. The Morgan fingerprint density at radius 1 is 1.38 bits per heavy atom. The number of likely N-dealkylation sites (tertiary alicyclic amines) is 1. The van der Waals surface area contributed by atoms with Crippen molar-refractivity contribution in [2.45, 2.75) is 25.8 Å². The smallest absolute Gasteiger partial charge is 0.227 e. The molecular formula is C18H29N5O3. The van der Waals surface area contributed by atoms with Crippen molar-refractivity contribution in [3.05, 3.63) is 18.0 Å². The second-order valence-electron chi connectivity index (χ2n) is 7.16. The first-order valence-electron chi connectivity index (χ1n) is 9.44. The SMILES string of the molecule is CN(Cc1ccn[nH]1)C(=O)C1CCC(=O)N(CCCN2CCOCC2)C1. The van der Waals surface area contributed by atoms with Crippen LogP contribution in [0.5, 0.6) is 0 Å². The van der Waals surface area contributed by atoms with Gasteiger partial charge in [-0.15, -0.1) is 0 Å². The molecule has 2 aliphatic heterocycles. The molecule has 1 unspecified atom stereocenters. The molecule has 144 valence electrons. The Hall–Kier alpha value is -1.93. The quantitative estimate of drug-likeness (QED) is 0.755. The second kappa shape index (κ2) is 9.14. The Labute approximate surface area is 154 Å². The van der Waals surface area contributed by atoms with Crippen LogP contribution < -0.4 is 0 Å². The minimum absolute atomic E-state index is 0.102. The lowest BCUT2D eigenvalue weighted by Gasteiger charge is -2.34. The van der Waals surface area contributed by atoms with Crippen molar-refractivity contribution in [3.63, 3.8) is 0 Å². The number of carbonyl (C=O) groups is 2. The van der Waals surface area contributed by atoms with Crippen LogP contribution in [0.4, 0.5) is 0 Å². The summed E-state index contributed by atoms with van der Waals surface area (Å²) in [6, 6.07) is 1.87. The average Bonchev–Trinajstić information content (AvgIpc) is 3.16. The highest BCUT2D eigenvalue weighted by Crippen LogP contribution is 2.20. The van der Waals surface area contributed by atoms with E-state index in [-0.39, 0.29) is 17.7 Å². The van der Waals surface area contributed by atoms with E-state index < -0.39 is 0 Å². The second-order valence-corrected chi connectivity index (χ2v) is 7.16. The Balaban J connectivity index is 1.45. The molecule has 0 radical (unpaired) electrons. The fourth-order valence-electron chi connectivity index (χ4n) is 3.66. The highest BCUT2D eigenvalue weighted by atomic mass is 16.5. The summed E-state index contributed by atoms with van der Waals surface area (Å²) in [6.07, 6.45) is 3.73. The maximum Gasteiger partial charge on any atom is 0.227 e. The molecule has 2 fully saturated rings. The predicted molar refractivity (Wildman–Crippen MR) is 96.2 cm³/mol. The van der Waals surface area contributed by atoms with Crippen molar-refractivity contribution in [2.24, 2.45) is 5.92 Å². The number of amides is 2. The summed E-state index contributed by atoms with van der Waals surface area (Å²) in [5.41, 5.74) is 0.912. The van der Waals surface area contributed by atoms with Crippen LogP contribution in [0, 0.1) is 5.92 Å². The summed E-state index contributed by atoms with van der Waals surface area (Å²) in [7, 11) is 1.81. The van der Waals surface area contributed by atoms with Gasteiger partial charge in [0.15, 0.2) is 0 Å². The first kappa shape index (κ1) is 18.8.